The Morgan fingerprint density at radius 2 is 1.26 bits per heavy atom. The largest absolute Gasteiger partial charge is 0.497 e. The number of urea groups is 1. The normalized spacial score (nSPS) is 10.2. The van der Waals surface area contributed by atoms with Crippen molar-refractivity contribution in [2.45, 2.75) is 0 Å². The van der Waals surface area contributed by atoms with Crippen molar-refractivity contribution in [1.29, 1.82) is 0 Å². The molecule has 0 spiro atoms. The van der Waals surface area contributed by atoms with Gasteiger partial charge in [-0.25, -0.2) is 4.79 Å². The van der Waals surface area contributed by atoms with Crippen LogP contribution in [0.2, 0.25) is 0 Å². The van der Waals surface area contributed by atoms with Gasteiger partial charge < -0.3 is 15.4 Å². The Morgan fingerprint density at radius 1 is 0.600 bits per heavy atom. The van der Waals surface area contributed by atoms with Gasteiger partial charge in [0, 0.05) is 22.5 Å². The molecule has 0 aromatic heterocycles. The lowest BCUT2D eigenvalue weighted by Crippen LogP contribution is -2.34. The summed E-state index contributed by atoms with van der Waals surface area (Å²) in [6.45, 7) is 0. The number of benzene rings is 4. The fourth-order valence-electron chi connectivity index (χ4n) is 3.42. The molecule has 0 radical (unpaired) electrons. The molecule has 0 unspecified atom stereocenters. The Kier molecular flexibility index (Phi) is 7.18. The van der Waals surface area contributed by atoms with E-state index in [0.717, 1.165) is 11.1 Å². The minimum Gasteiger partial charge on any atom is -0.497 e. The Bertz CT molecular complexity index is 1350. The smallest absolute Gasteiger partial charge is 0.326 e. The van der Waals surface area contributed by atoms with E-state index in [0.29, 0.717) is 28.3 Å². The molecule has 0 atom stereocenters. The molecule has 0 heterocycles. The van der Waals surface area contributed by atoms with Crippen LogP contribution in [-0.4, -0.2) is 25.0 Å². The molecular formula is C28H23N3O4. The van der Waals surface area contributed by atoms with Crippen LogP contribution in [0.4, 0.5) is 16.2 Å². The molecule has 35 heavy (non-hydrogen) atoms. The van der Waals surface area contributed by atoms with Crippen LogP contribution < -0.4 is 20.7 Å². The molecule has 0 saturated heterocycles. The highest BCUT2D eigenvalue weighted by atomic mass is 16.5. The second-order valence-electron chi connectivity index (χ2n) is 7.62. The zero-order valence-electron chi connectivity index (χ0n) is 18.9. The van der Waals surface area contributed by atoms with Gasteiger partial charge in [0.2, 0.25) is 0 Å². The van der Waals surface area contributed by atoms with Gasteiger partial charge in [-0.15, -0.1) is 0 Å². The predicted octanol–water partition coefficient (Wildman–Crippen LogP) is 5.58. The standard InChI is InChI=1S/C28H23N3O4/c1-35-25-12-5-9-22(17-25)27(33)31-28(34)30-24-11-6-10-23(18-24)29-26(32)21-15-13-20(14-16-21)19-7-3-2-4-8-19/h2-18H,1H3,(H,29,32)(H2,30,31,33,34). The van der Waals surface area contributed by atoms with Crippen LogP contribution in [0.25, 0.3) is 11.1 Å². The molecule has 4 amide bonds. The fraction of sp³-hybridized carbons (Fsp3) is 0.0357. The molecule has 0 saturated carbocycles. The van der Waals surface area contributed by atoms with Crippen molar-refractivity contribution in [2.75, 3.05) is 17.7 Å². The molecule has 4 aromatic carbocycles. The van der Waals surface area contributed by atoms with Gasteiger partial charge in [-0.2, -0.15) is 0 Å². The van der Waals surface area contributed by atoms with E-state index in [4.69, 9.17) is 4.74 Å². The lowest BCUT2D eigenvalue weighted by Gasteiger charge is -2.10. The van der Waals surface area contributed by atoms with Crippen molar-refractivity contribution < 1.29 is 19.1 Å². The number of amides is 4. The van der Waals surface area contributed by atoms with E-state index < -0.39 is 11.9 Å². The lowest BCUT2D eigenvalue weighted by molar-refractivity contribution is 0.0965. The minimum atomic E-state index is -0.696. The Morgan fingerprint density at radius 3 is 1.97 bits per heavy atom. The Hall–Kier alpha value is -4.91. The third-order valence-corrected chi connectivity index (χ3v) is 5.19. The highest BCUT2D eigenvalue weighted by Gasteiger charge is 2.12. The highest BCUT2D eigenvalue weighted by molar-refractivity contribution is 6.08. The predicted molar refractivity (Wildman–Crippen MR) is 136 cm³/mol. The summed E-state index contributed by atoms with van der Waals surface area (Å²) in [4.78, 5) is 37.3. The monoisotopic (exact) mass is 465 g/mol. The van der Waals surface area contributed by atoms with Gasteiger partial charge in [0.05, 0.1) is 7.11 Å². The van der Waals surface area contributed by atoms with Crippen LogP contribution in [0.3, 0.4) is 0 Å². The molecule has 4 rings (SSSR count). The number of rotatable bonds is 6. The van der Waals surface area contributed by atoms with E-state index in [1.54, 1.807) is 54.6 Å². The van der Waals surface area contributed by atoms with Crippen LogP contribution in [0.5, 0.6) is 5.75 Å². The summed E-state index contributed by atoms with van der Waals surface area (Å²) in [6, 6.07) is 29.6. The average Bonchev–Trinajstić information content (AvgIpc) is 2.89. The maximum absolute atomic E-state index is 12.7. The molecule has 7 nitrogen and oxygen atoms in total. The molecule has 7 heteroatoms. The SMILES string of the molecule is COc1cccc(C(=O)NC(=O)Nc2cccc(NC(=O)c3ccc(-c4ccccc4)cc3)c2)c1. The Labute approximate surface area is 202 Å². The fourth-order valence-corrected chi connectivity index (χ4v) is 3.42. The maximum atomic E-state index is 12.7. The lowest BCUT2D eigenvalue weighted by atomic mass is 10.0. The zero-order chi connectivity index (χ0) is 24.6. The number of hydrogen-bond donors (Lipinski definition) is 3. The van der Waals surface area contributed by atoms with Crippen molar-refractivity contribution in [3.8, 4) is 16.9 Å². The van der Waals surface area contributed by atoms with Crippen LogP contribution in [0, 0.1) is 0 Å². The first-order chi connectivity index (χ1) is 17.0. The van der Waals surface area contributed by atoms with Crippen LogP contribution in [0.15, 0.2) is 103 Å². The van der Waals surface area contributed by atoms with Gasteiger partial charge in [0.1, 0.15) is 5.75 Å². The summed E-state index contributed by atoms with van der Waals surface area (Å²) in [5.41, 5.74) is 3.80. The van der Waals surface area contributed by atoms with Gasteiger partial charge in [-0.3, -0.25) is 14.9 Å². The number of imide groups is 1. The van der Waals surface area contributed by atoms with Gasteiger partial charge in [-0.05, 0) is 59.7 Å². The topological polar surface area (TPSA) is 96.5 Å². The third-order valence-electron chi connectivity index (χ3n) is 5.19. The number of anilines is 2. The minimum absolute atomic E-state index is 0.278. The van der Waals surface area contributed by atoms with E-state index >= 15 is 0 Å². The van der Waals surface area contributed by atoms with Crippen LogP contribution >= 0.6 is 0 Å². The molecule has 0 fully saturated rings. The summed E-state index contributed by atoms with van der Waals surface area (Å²) >= 11 is 0. The van der Waals surface area contributed by atoms with Gasteiger partial charge >= 0.3 is 6.03 Å². The van der Waals surface area contributed by atoms with E-state index in [1.165, 1.54) is 13.2 Å². The van der Waals surface area contributed by atoms with E-state index in [1.807, 2.05) is 42.5 Å². The number of hydrogen-bond acceptors (Lipinski definition) is 4. The van der Waals surface area contributed by atoms with Crippen molar-refractivity contribution in [2.24, 2.45) is 0 Å². The van der Waals surface area contributed by atoms with E-state index in [-0.39, 0.29) is 5.91 Å². The molecule has 174 valence electrons. The molecule has 0 aliphatic heterocycles. The molecule has 0 aliphatic carbocycles. The summed E-state index contributed by atoms with van der Waals surface area (Å²) in [5, 5.41) is 7.68. The maximum Gasteiger partial charge on any atom is 0.326 e. The summed E-state index contributed by atoms with van der Waals surface area (Å²) < 4.78 is 5.09. The van der Waals surface area contributed by atoms with Crippen molar-refractivity contribution >= 4 is 29.2 Å². The molecular weight excluding hydrogens is 442 g/mol. The van der Waals surface area contributed by atoms with E-state index in [9.17, 15) is 14.4 Å². The summed E-state index contributed by atoms with van der Waals surface area (Å²) in [7, 11) is 1.50. The summed E-state index contributed by atoms with van der Waals surface area (Å²) in [5.74, 6) is -0.333. The van der Waals surface area contributed by atoms with Gasteiger partial charge in [0.15, 0.2) is 0 Å². The van der Waals surface area contributed by atoms with Crippen molar-refractivity contribution in [1.82, 2.24) is 5.32 Å². The number of methoxy groups -OCH3 is 1. The average molecular weight is 466 g/mol. The molecule has 4 aromatic rings. The van der Waals surface area contributed by atoms with Gasteiger partial charge in [0.25, 0.3) is 11.8 Å². The zero-order valence-corrected chi connectivity index (χ0v) is 18.9. The van der Waals surface area contributed by atoms with Gasteiger partial charge in [-0.1, -0.05) is 54.6 Å². The highest BCUT2D eigenvalue weighted by Crippen LogP contribution is 2.21. The quantitative estimate of drug-likeness (QED) is 0.347. The molecule has 0 bridgehead atoms. The van der Waals surface area contributed by atoms with Crippen molar-refractivity contribution in [3.05, 3.63) is 114 Å². The first-order valence-electron chi connectivity index (χ1n) is 10.8. The number of ether oxygens (including phenoxy) is 1. The number of carbonyl (C=O) groups is 3. The van der Waals surface area contributed by atoms with Crippen LogP contribution in [-0.2, 0) is 0 Å². The second-order valence-corrected chi connectivity index (χ2v) is 7.62. The molecule has 3 N–H and O–H groups in total. The Balaban J connectivity index is 1.36. The number of carbonyl (C=O) groups excluding carboxylic acids is 3. The second kappa shape index (κ2) is 10.8. The van der Waals surface area contributed by atoms with Crippen LogP contribution in [0.1, 0.15) is 20.7 Å². The number of nitrogens with one attached hydrogen (secondary N) is 3. The first kappa shape index (κ1) is 23.3. The molecule has 0 aliphatic rings. The summed E-state index contributed by atoms with van der Waals surface area (Å²) in [6.07, 6.45) is 0. The first-order valence-corrected chi connectivity index (χ1v) is 10.8. The van der Waals surface area contributed by atoms with Crippen molar-refractivity contribution in [3.63, 3.8) is 0 Å². The third kappa shape index (κ3) is 6.11. The van der Waals surface area contributed by atoms with E-state index in [2.05, 4.69) is 16.0 Å².